The molecule has 1 aliphatic rings. The van der Waals surface area contributed by atoms with Crippen LogP contribution < -0.4 is 20.1 Å². The van der Waals surface area contributed by atoms with Crippen molar-refractivity contribution in [3.8, 4) is 11.5 Å². The van der Waals surface area contributed by atoms with Gasteiger partial charge in [-0.15, -0.1) is 0 Å². The highest BCUT2D eigenvalue weighted by Crippen LogP contribution is 2.40. The summed E-state index contributed by atoms with van der Waals surface area (Å²) >= 11 is 11.6. The van der Waals surface area contributed by atoms with E-state index >= 15 is 0 Å². The number of hydrogen-bond acceptors (Lipinski definition) is 7. The van der Waals surface area contributed by atoms with Crippen molar-refractivity contribution in [2.75, 3.05) is 27.4 Å². The molecule has 152 valence electrons. The Kier molecular flexibility index (Phi) is 7.47. The number of nitrogens with one attached hydrogen (secondary N) is 2. The minimum absolute atomic E-state index is 0.192. The molecule has 1 heterocycles. The average Bonchev–Trinajstić information content (AvgIpc) is 2.65. The second-order valence-electron chi connectivity index (χ2n) is 5.69. The molecular formula is C18H21ClN2O6S. The zero-order chi connectivity index (χ0) is 20.8. The van der Waals surface area contributed by atoms with Crippen LogP contribution in [0.15, 0.2) is 23.4 Å². The lowest BCUT2D eigenvalue weighted by Crippen LogP contribution is -2.45. The fourth-order valence-electron chi connectivity index (χ4n) is 2.70. The van der Waals surface area contributed by atoms with Gasteiger partial charge in [0.2, 0.25) is 0 Å². The first-order valence-corrected chi connectivity index (χ1v) is 9.13. The van der Waals surface area contributed by atoms with Crippen molar-refractivity contribution in [2.24, 2.45) is 0 Å². The van der Waals surface area contributed by atoms with Crippen LogP contribution in [-0.2, 0) is 19.1 Å². The third-order valence-corrected chi connectivity index (χ3v) is 4.40. The summed E-state index contributed by atoms with van der Waals surface area (Å²) in [5.74, 6) is -0.554. The molecule has 0 saturated heterocycles. The van der Waals surface area contributed by atoms with Crippen LogP contribution in [0.25, 0.3) is 0 Å². The standard InChI is InChI=1S/C18H21ClN2O6S/c1-5-26-13(22)8-27-16-11(19)6-10(7-12(16)24-3)15-14(17(23)25-4)9(2)20-18(28)21-15/h6-7,15H,5,8H2,1-4H3,(H2,20,21,28)/t15-/m0/s1. The van der Waals surface area contributed by atoms with Crippen molar-refractivity contribution in [1.82, 2.24) is 10.6 Å². The number of methoxy groups -OCH3 is 2. The number of benzene rings is 1. The smallest absolute Gasteiger partial charge is 0.344 e. The lowest BCUT2D eigenvalue weighted by molar-refractivity contribution is -0.145. The van der Waals surface area contributed by atoms with E-state index in [0.29, 0.717) is 27.7 Å². The maximum atomic E-state index is 12.3. The average molecular weight is 429 g/mol. The maximum Gasteiger partial charge on any atom is 0.344 e. The van der Waals surface area contributed by atoms with E-state index in [1.54, 1.807) is 26.0 Å². The molecule has 2 N–H and O–H groups in total. The van der Waals surface area contributed by atoms with Gasteiger partial charge in [-0.05, 0) is 43.8 Å². The Morgan fingerprint density at radius 2 is 2.00 bits per heavy atom. The molecule has 0 spiro atoms. The SMILES string of the molecule is CCOC(=O)COc1c(Cl)cc([C@@H]2NC(=S)NC(C)=C2C(=O)OC)cc1OC. The Balaban J connectivity index is 2.41. The van der Waals surface area contributed by atoms with E-state index < -0.39 is 18.0 Å². The highest BCUT2D eigenvalue weighted by Gasteiger charge is 2.32. The fraction of sp³-hybridized carbons (Fsp3) is 0.389. The fourth-order valence-corrected chi connectivity index (χ4v) is 3.25. The van der Waals surface area contributed by atoms with E-state index in [-0.39, 0.29) is 24.0 Å². The van der Waals surface area contributed by atoms with Crippen molar-refractivity contribution < 1.29 is 28.5 Å². The van der Waals surface area contributed by atoms with Crippen molar-refractivity contribution >= 4 is 40.9 Å². The summed E-state index contributed by atoms with van der Waals surface area (Å²) in [4.78, 5) is 23.8. The molecule has 1 aromatic carbocycles. The molecule has 0 radical (unpaired) electrons. The van der Waals surface area contributed by atoms with Gasteiger partial charge in [0.15, 0.2) is 23.2 Å². The summed E-state index contributed by atoms with van der Waals surface area (Å²) in [5, 5.41) is 6.48. The first-order valence-electron chi connectivity index (χ1n) is 8.34. The Morgan fingerprint density at radius 1 is 1.29 bits per heavy atom. The van der Waals surface area contributed by atoms with Crippen LogP contribution >= 0.6 is 23.8 Å². The van der Waals surface area contributed by atoms with Gasteiger partial charge in [-0.1, -0.05) is 11.6 Å². The predicted molar refractivity (Wildman–Crippen MR) is 106 cm³/mol. The summed E-state index contributed by atoms with van der Waals surface area (Å²) in [6, 6.07) is 2.65. The number of esters is 2. The third-order valence-electron chi connectivity index (χ3n) is 3.90. The van der Waals surface area contributed by atoms with Gasteiger partial charge >= 0.3 is 11.9 Å². The zero-order valence-electron chi connectivity index (χ0n) is 15.9. The van der Waals surface area contributed by atoms with Gasteiger partial charge in [0.1, 0.15) is 0 Å². The predicted octanol–water partition coefficient (Wildman–Crippen LogP) is 2.26. The Bertz CT molecular complexity index is 827. The van der Waals surface area contributed by atoms with Crippen molar-refractivity contribution in [3.63, 3.8) is 0 Å². The molecule has 0 unspecified atom stereocenters. The van der Waals surface area contributed by atoms with Crippen LogP contribution in [0.1, 0.15) is 25.5 Å². The molecule has 8 nitrogen and oxygen atoms in total. The molecule has 2 rings (SSSR count). The lowest BCUT2D eigenvalue weighted by atomic mass is 9.95. The maximum absolute atomic E-state index is 12.3. The highest BCUT2D eigenvalue weighted by molar-refractivity contribution is 7.80. The van der Waals surface area contributed by atoms with E-state index in [2.05, 4.69) is 10.6 Å². The summed E-state index contributed by atoms with van der Waals surface area (Å²) in [6.07, 6.45) is 0. The number of allylic oxidation sites excluding steroid dienone is 1. The van der Waals surface area contributed by atoms with E-state index in [1.807, 2.05) is 0 Å². The van der Waals surface area contributed by atoms with Crippen LogP contribution in [0.2, 0.25) is 5.02 Å². The Hall–Kier alpha value is -2.52. The van der Waals surface area contributed by atoms with E-state index in [1.165, 1.54) is 14.2 Å². The first kappa shape index (κ1) is 21.8. The molecule has 0 amide bonds. The summed E-state index contributed by atoms with van der Waals surface area (Å²) in [6.45, 7) is 3.35. The minimum Gasteiger partial charge on any atom is -0.493 e. The number of carbonyl (C=O) groups excluding carboxylic acids is 2. The quantitative estimate of drug-likeness (QED) is 0.500. The molecule has 0 aliphatic carbocycles. The number of ether oxygens (including phenoxy) is 4. The highest BCUT2D eigenvalue weighted by atomic mass is 35.5. The van der Waals surface area contributed by atoms with Crippen LogP contribution in [-0.4, -0.2) is 44.5 Å². The van der Waals surface area contributed by atoms with Crippen LogP contribution in [0, 0.1) is 0 Å². The molecule has 28 heavy (non-hydrogen) atoms. The molecular weight excluding hydrogens is 408 g/mol. The largest absolute Gasteiger partial charge is 0.493 e. The number of carbonyl (C=O) groups is 2. The Labute approximate surface area is 173 Å². The second kappa shape index (κ2) is 9.61. The molecule has 0 fully saturated rings. The van der Waals surface area contributed by atoms with E-state index in [0.717, 1.165) is 0 Å². The first-order chi connectivity index (χ1) is 13.3. The van der Waals surface area contributed by atoms with Gasteiger partial charge in [-0.3, -0.25) is 0 Å². The number of thiocarbonyl (C=S) groups is 1. The number of hydrogen-bond donors (Lipinski definition) is 2. The van der Waals surface area contributed by atoms with Crippen LogP contribution in [0.5, 0.6) is 11.5 Å². The zero-order valence-corrected chi connectivity index (χ0v) is 17.5. The molecule has 1 aromatic rings. The van der Waals surface area contributed by atoms with Gasteiger partial charge in [-0.25, -0.2) is 9.59 Å². The molecule has 0 aromatic heterocycles. The van der Waals surface area contributed by atoms with Crippen LogP contribution in [0.3, 0.4) is 0 Å². The van der Waals surface area contributed by atoms with Gasteiger partial charge in [0.25, 0.3) is 0 Å². The van der Waals surface area contributed by atoms with E-state index in [9.17, 15) is 9.59 Å². The normalized spacial score (nSPS) is 16.0. The topological polar surface area (TPSA) is 95.1 Å². The monoisotopic (exact) mass is 428 g/mol. The summed E-state index contributed by atoms with van der Waals surface area (Å²) in [7, 11) is 2.74. The number of rotatable bonds is 7. The number of halogens is 1. The summed E-state index contributed by atoms with van der Waals surface area (Å²) in [5.41, 5.74) is 1.53. The summed E-state index contributed by atoms with van der Waals surface area (Å²) < 4.78 is 20.5. The molecule has 1 aliphatic heterocycles. The third kappa shape index (κ3) is 4.85. The van der Waals surface area contributed by atoms with E-state index in [4.69, 9.17) is 42.8 Å². The van der Waals surface area contributed by atoms with Gasteiger partial charge in [-0.2, -0.15) is 0 Å². The van der Waals surface area contributed by atoms with Crippen molar-refractivity contribution in [2.45, 2.75) is 19.9 Å². The van der Waals surface area contributed by atoms with Crippen molar-refractivity contribution in [1.29, 1.82) is 0 Å². The molecule has 10 heteroatoms. The Morgan fingerprint density at radius 3 is 2.61 bits per heavy atom. The van der Waals surface area contributed by atoms with Crippen LogP contribution in [0.4, 0.5) is 0 Å². The second-order valence-corrected chi connectivity index (χ2v) is 6.50. The molecule has 0 bridgehead atoms. The minimum atomic E-state index is -0.605. The van der Waals surface area contributed by atoms with Gasteiger partial charge < -0.3 is 29.6 Å². The van der Waals surface area contributed by atoms with Gasteiger partial charge in [0, 0.05) is 5.70 Å². The van der Waals surface area contributed by atoms with Gasteiger partial charge in [0.05, 0.1) is 37.5 Å². The molecule has 0 saturated carbocycles. The molecule has 1 atom stereocenters. The lowest BCUT2D eigenvalue weighted by Gasteiger charge is -2.30. The van der Waals surface area contributed by atoms with Crippen molar-refractivity contribution in [3.05, 3.63) is 34.0 Å².